The van der Waals surface area contributed by atoms with Crippen LogP contribution in [0.3, 0.4) is 0 Å². The Morgan fingerprint density at radius 3 is 2.78 bits per heavy atom. The van der Waals surface area contributed by atoms with Crippen molar-refractivity contribution >= 4 is 16.5 Å². The molecular formula is C12H11N5S. The van der Waals surface area contributed by atoms with Crippen molar-refractivity contribution in [2.45, 2.75) is 6.54 Å². The van der Waals surface area contributed by atoms with Crippen LogP contribution in [0.5, 0.6) is 0 Å². The summed E-state index contributed by atoms with van der Waals surface area (Å²) in [7, 11) is 0. The molecular weight excluding hydrogens is 246 g/mol. The molecule has 1 aromatic carbocycles. The number of rotatable bonds is 4. The first-order valence-electron chi connectivity index (χ1n) is 5.51. The molecule has 0 atom stereocenters. The van der Waals surface area contributed by atoms with Crippen LogP contribution in [0, 0.1) is 0 Å². The zero-order chi connectivity index (χ0) is 12.2. The first-order valence-corrected chi connectivity index (χ1v) is 6.39. The average Bonchev–Trinajstić information content (AvgIpc) is 3.10. The van der Waals surface area contributed by atoms with Crippen LogP contribution in [-0.4, -0.2) is 20.0 Å². The minimum Gasteiger partial charge on any atom is -0.356 e. The molecule has 0 unspecified atom stereocenters. The molecule has 0 aliphatic heterocycles. The van der Waals surface area contributed by atoms with E-state index < -0.39 is 0 Å². The third kappa shape index (κ3) is 2.38. The van der Waals surface area contributed by atoms with Gasteiger partial charge in [-0.05, 0) is 23.8 Å². The lowest BCUT2D eigenvalue weighted by atomic mass is 10.2. The smallest absolute Gasteiger partial charge is 0.205 e. The summed E-state index contributed by atoms with van der Waals surface area (Å²) in [5.74, 6) is 0. The highest BCUT2D eigenvalue weighted by atomic mass is 32.1. The molecule has 0 saturated heterocycles. The SMILES string of the molecule is c1cnn(-c2ccc(CNc3nncs3)cc2)c1. The first-order chi connectivity index (χ1) is 8.92. The minimum atomic E-state index is 0.745. The van der Waals surface area contributed by atoms with Crippen molar-refractivity contribution in [2.24, 2.45) is 0 Å². The van der Waals surface area contributed by atoms with Crippen LogP contribution in [0.25, 0.3) is 5.69 Å². The Kier molecular flexibility index (Phi) is 3.01. The topological polar surface area (TPSA) is 55.6 Å². The molecule has 0 amide bonds. The van der Waals surface area contributed by atoms with Gasteiger partial charge in [0.1, 0.15) is 5.51 Å². The van der Waals surface area contributed by atoms with E-state index in [-0.39, 0.29) is 0 Å². The van der Waals surface area contributed by atoms with Crippen LogP contribution in [0.2, 0.25) is 0 Å². The molecule has 0 bridgehead atoms. The number of hydrogen-bond acceptors (Lipinski definition) is 5. The van der Waals surface area contributed by atoms with Gasteiger partial charge in [0, 0.05) is 18.9 Å². The van der Waals surface area contributed by atoms with Gasteiger partial charge in [-0.25, -0.2) is 4.68 Å². The molecule has 0 aliphatic rings. The van der Waals surface area contributed by atoms with Crippen molar-refractivity contribution in [3.8, 4) is 5.69 Å². The number of aromatic nitrogens is 4. The Bertz CT molecular complexity index is 586. The summed E-state index contributed by atoms with van der Waals surface area (Å²) in [6, 6.07) is 10.1. The van der Waals surface area contributed by atoms with E-state index in [1.165, 1.54) is 16.9 Å². The monoisotopic (exact) mass is 257 g/mol. The maximum Gasteiger partial charge on any atom is 0.205 e. The van der Waals surface area contributed by atoms with Gasteiger partial charge in [0.25, 0.3) is 0 Å². The van der Waals surface area contributed by atoms with Crippen molar-refractivity contribution in [1.82, 2.24) is 20.0 Å². The van der Waals surface area contributed by atoms with Gasteiger partial charge in [-0.1, -0.05) is 23.5 Å². The Hall–Kier alpha value is -2.21. The Labute approximate surface area is 108 Å². The van der Waals surface area contributed by atoms with E-state index in [4.69, 9.17) is 0 Å². The minimum absolute atomic E-state index is 0.745. The highest BCUT2D eigenvalue weighted by Gasteiger charge is 1.98. The Morgan fingerprint density at radius 1 is 1.22 bits per heavy atom. The summed E-state index contributed by atoms with van der Waals surface area (Å²) in [6.07, 6.45) is 3.69. The Morgan fingerprint density at radius 2 is 2.11 bits per heavy atom. The largest absolute Gasteiger partial charge is 0.356 e. The quantitative estimate of drug-likeness (QED) is 0.779. The van der Waals surface area contributed by atoms with Crippen LogP contribution in [0.1, 0.15) is 5.56 Å². The standard InChI is InChI=1S/C12H11N5S/c1-6-15-17(7-1)11-4-2-10(3-5-11)8-13-12-16-14-9-18-12/h1-7,9H,8H2,(H,13,16). The molecule has 0 aliphatic carbocycles. The van der Waals surface area contributed by atoms with E-state index in [9.17, 15) is 0 Å². The summed E-state index contributed by atoms with van der Waals surface area (Å²) < 4.78 is 1.84. The van der Waals surface area contributed by atoms with E-state index in [1.54, 1.807) is 11.7 Å². The summed E-state index contributed by atoms with van der Waals surface area (Å²) in [4.78, 5) is 0. The Balaban J connectivity index is 1.68. The van der Waals surface area contributed by atoms with Gasteiger partial charge in [-0.3, -0.25) is 0 Å². The molecule has 6 heteroatoms. The van der Waals surface area contributed by atoms with Crippen molar-refractivity contribution < 1.29 is 0 Å². The highest BCUT2D eigenvalue weighted by molar-refractivity contribution is 7.13. The van der Waals surface area contributed by atoms with Gasteiger partial charge in [0.2, 0.25) is 5.13 Å². The molecule has 0 saturated carbocycles. The number of anilines is 1. The molecule has 1 N–H and O–H groups in total. The average molecular weight is 257 g/mol. The van der Waals surface area contributed by atoms with Crippen molar-refractivity contribution in [2.75, 3.05) is 5.32 Å². The summed E-state index contributed by atoms with van der Waals surface area (Å²) in [6.45, 7) is 0.745. The second kappa shape index (κ2) is 4.97. The third-order valence-corrected chi connectivity index (χ3v) is 3.16. The lowest BCUT2D eigenvalue weighted by molar-refractivity contribution is 0.879. The summed E-state index contributed by atoms with van der Waals surface area (Å²) in [5, 5.41) is 16.0. The van der Waals surface area contributed by atoms with Crippen LogP contribution in [-0.2, 0) is 6.54 Å². The molecule has 3 rings (SSSR count). The predicted octanol–water partition coefficient (Wildman–Crippen LogP) is 2.34. The molecule has 5 nitrogen and oxygen atoms in total. The van der Waals surface area contributed by atoms with E-state index >= 15 is 0 Å². The van der Waals surface area contributed by atoms with E-state index in [1.807, 2.05) is 29.1 Å². The van der Waals surface area contributed by atoms with Crippen LogP contribution >= 0.6 is 11.3 Å². The third-order valence-electron chi connectivity index (χ3n) is 2.51. The second-order valence-electron chi connectivity index (χ2n) is 3.71. The lowest BCUT2D eigenvalue weighted by Gasteiger charge is -2.05. The fraction of sp³-hybridized carbons (Fsp3) is 0.0833. The van der Waals surface area contributed by atoms with Gasteiger partial charge >= 0.3 is 0 Å². The summed E-state index contributed by atoms with van der Waals surface area (Å²) >= 11 is 1.50. The number of hydrogen-bond donors (Lipinski definition) is 1. The second-order valence-corrected chi connectivity index (χ2v) is 4.55. The van der Waals surface area contributed by atoms with Gasteiger partial charge in [0.05, 0.1) is 5.69 Å². The molecule has 0 spiro atoms. The van der Waals surface area contributed by atoms with Gasteiger partial charge < -0.3 is 5.32 Å². The summed E-state index contributed by atoms with van der Waals surface area (Å²) in [5.41, 5.74) is 3.96. The van der Waals surface area contributed by atoms with Crippen molar-refractivity contribution in [3.63, 3.8) is 0 Å². The number of nitrogens with zero attached hydrogens (tertiary/aromatic N) is 4. The van der Waals surface area contributed by atoms with Gasteiger partial charge in [-0.15, -0.1) is 10.2 Å². The van der Waals surface area contributed by atoms with Crippen LogP contribution in [0.15, 0.2) is 48.2 Å². The van der Waals surface area contributed by atoms with Crippen molar-refractivity contribution in [3.05, 3.63) is 53.8 Å². The molecule has 0 radical (unpaired) electrons. The molecule has 3 aromatic rings. The van der Waals surface area contributed by atoms with E-state index in [2.05, 4.69) is 32.7 Å². The number of nitrogens with one attached hydrogen (secondary N) is 1. The maximum atomic E-state index is 4.19. The van der Waals surface area contributed by atoms with Gasteiger partial charge in [0.15, 0.2) is 0 Å². The van der Waals surface area contributed by atoms with E-state index in [0.717, 1.165) is 17.4 Å². The highest BCUT2D eigenvalue weighted by Crippen LogP contribution is 2.12. The normalized spacial score (nSPS) is 10.4. The van der Waals surface area contributed by atoms with Crippen LogP contribution in [0.4, 0.5) is 5.13 Å². The number of benzene rings is 1. The zero-order valence-electron chi connectivity index (χ0n) is 9.52. The van der Waals surface area contributed by atoms with Gasteiger partial charge in [-0.2, -0.15) is 5.10 Å². The molecule has 2 aromatic heterocycles. The molecule has 2 heterocycles. The maximum absolute atomic E-state index is 4.19. The van der Waals surface area contributed by atoms with Crippen LogP contribution < -0.4 is 5.32 Å². The van der Waals surface area contributed by atoms with E-state index in [0.29, 0.717) is 0 Å². The first kappa shape index (κ1) is 10.9. The fourth-order valence-corrected chi connectivity index (χ4v) is 2.06. The van der Waals surface area contributed by atoms with Crippen molar-refractivity contribution in [1.29, 1.82) is 0 Å². The molecule has 0 fully saturated rings. The fourth-order valence-electron chi connectivity index (χ4n) is 1.62. The molecule has 18 heavy (non-hydrogen) atoms. The molecule has 90 valence electrons. The lowest BCUT2D eigenvalue weighted by Crippen LogP contribution is -2.00. The predicted molar refractivity (Wildman–Crippen MR) is 70.8 cm³/mol. The zero-order valence-corrected chi connectivity index (χ0v) is 10.3.